The van der Waals surface area contributed by atoms with Gasteiger partial charge in [-0.1, -0.05) is 0 Å². The van der Waals surface area contributed by atoms with Crippen LogP contribution in [0.25, 0.3) is 0 Å². The number of carbonyl (C=O) groups excluding carboxylic acids is 1. The molecule has 0 aromatic heterocycles. The average Bonchev–Trinajstić information content (AvgIpc) is 2.26. The van der Waals surface area contributed by atoms with Crippen LogP contribution in [0.3, 0.4) is 0 Å². The number of nitrogens with two attached hydrogens (primary N) is 1. The molecule has 1 saturated heterocycles. The molecule has 0 aliphatic carbocycles. The zero-order valence-corrected chi connectivity index (χ0v) is 11.3. The molecule has 3 atom stereocenters. The number of carbonyl (C=O) groups is 1. The minimum absolute atomic E-state index is 0.0510. The van der Waals surface area contributed by atoms with Gasteiger partial charge in [0, 0.05) is 38.8 Å². The molecule has 0 unspecified atom stereocenters. The minimum Gasteiger partial charge on any atom is -0.383 e. The lowest BCUT2D eigenvalue weighted by Gasteiger charge is -2.44. The number of methoxy groups -OCH3 is 1. The predicted octanol–water partition coefficient (Wildman–Crippen LogP) is -0.0988. The first-order valence-electron chi connectivity index (χ1n) is 6.26. The molecule has 0 aromatic carbocycles. The molecule has 1 rings (SSSR count). The molecule has 5 nitrogen and oxygen atoms in total. The second kappa shape index (κ2) is 6.33. The standard InChI is InChI=1S/C12H25N3O2/c1-9-7-14(12(16)11(3)13)8-10(2)15(9)5-6-17-4/h9-11H,5-8,13H2,1-4H3/t9-,10+,11-/m0/s1. The van der Waals surface area contributed by atoms with E-state index < -0.39 is 6.04 Å². The van der Waals surface area contributed by atoms with Crippen molar-refractivity contribution in [3.8, 4) is 0 Å². The summed E-state index contributed by atoms with van der Waals surface area (Å²) in [6, 6.07) is 0.313. The van der Waals surface area contributed by atoms with Gasteiger partial charge >= 0.3 is 0 Å². The molecule has 5 heteroatoms. The third-order valence-corrected chi connectivity index (χ3v) is 3.36. The number of rotatable bonds is 4. The fourth-order valence-electron chi connectivity index (χ4n) is 2.46. The van der Waals surface area contributed by atoms with Crippen molar-refractivity contribution in [2.75, 3.05) is 33.4 Å². The summed E-state index contributed by atoms with van der Waals surface area (Å²) in [4.78, 5) is 16.1. The lowest BCUT2D eigenvalue weighted by molar-refractivity contribution is -0.136. The van der Waals surface area contributed by atoms with E-state index in [-0.39, 0.29) is 5.91 Å². The number of piperazine rings is 1. The molecule has 17 heavy (non-hydrogen) atoms. The van der Waals surface area contributed by atoms with E-state index in [0.29, 0.717) is 12.1 Å². The van der Waals surface area contributed by atoms with E-state index in [1.807, 2.05) is 4.90 Å². The lowest BCUT2D eigenvalue weighted by atomic mass is 10.1. The molecule has 0 radical (unpaired) electrons. The van der Waals surface area contributed by atoms with Gasteiger partial charge < -0.3 is 15.4 Å². The minimum atomic E-state index is -0.403. The van der Waals surface area contributed by atoms with Gasteiger partial charge in [-0.05, 0) is 20.8 Å². The van der Waals surface area contributed by atoms with Crippen molar-refractivity contribution in [2.45, 2.75) is 38.9 Å². The molecule has 0 spiro atoms. The van der Waals surface area contributed by atoms with Gasteiger partial charge in [0.15, 0.2) is 0 Å². The maximum Gasteiger partial charge on any atom is 0.239 e. The Morgan fingerprint density at radius 2 is 1.94 bits per heavy atom. The first kappa shape index (κ1) is 14.4. The van der Waals surface area contributed by atoms with Crippen LogP contribution in [-0.4, -0.2) is 67.2 Å². The smallest absolute Gasteiger partial charge is 0.239 e. The first-order chi connectivity index (χ1) is 7.97. The maximum absolute atomic E-state index is 11.9. The largest absolute Gasteiger partial charge is 0.383 e. The second-order valence-corrected chi connectivity index (χ2v) is 4.96. The van der Waals surface area contributed by atoms with Crippen molar-refractivity contribution in [3.63, 3.8) is 0 Å². The Kier molecular flexibility index (Phi) is 5.36. The van der Waals surface area contributed by atoms with Crippen molar-refractivity contribution in [1.29, 1.82) is 0 Å². The number of nitrogens with zero attached hydrogens (tertiary/aromatic N) is 2. The Morgan fingerprint density at radius 3 is 2.35 bits per heavy atom. The van der Waals surface area contributed by atoms with Gasteiger partial charge in [0.05, 0.1) is 12.6 Å². The highest BCUT2D eigenvalue weighted by molar-refractivity contribution is 5.81. The summed E-state index contributed by atoms with van der Waals surface area (Å²) in [6.45, 7) is 9.20. The Labute approximate surface area is 104 Å². The first-order valence-corrected chi connectivity index (χ1v) is 6.26. The van der Waals surface area contributed by atoms with E-state index in [1.165, 1.54) is 0 Å². The van der Waals surface area contributed by atoms with E-state index in [9.17, 15) is 4.79 Å². The molecule has 1 fully saturated rings. The highest BCUT2D eigenvalue weighted by Gasteiger charge is 2.32. The van der Waals surface area contributed by atoms with Crippen molar-refractivity contribution >= 4 is 5.91 Å². The summed E-state index contributed by atoms with van der Waals surface area (Å²) in [5.41, 5.74) is 5.65. The van der Waals surface area contributed by atoms with Crippen LogP contribution in [0.4, 0.5) is 0 Å². The predicted molar refractivity (Wildman–Crippen MR) is 67.7 cm³/mol. The summed E-state index contributed by atoms with van der Waals surface area (Å²) in [5.74, 6) is 0.0510. The zero-order chi connectivity index (χ0) is 13.0. The highest BCUT2D eigenvalue weighted by atomic mass is 16.5. The highest BCUT2D eigenvalue weighted by Crippen LogP contribution is 2.15. The van der Waals surface area contributed by atoms with Crippen molar-refractivity contribution in [3.05, 3.63) is 0 Å². The van der Waals surface area contributed by atoms with Crippen molar-refractivity contribution in [1.82, 2.24) is 9.80 Å². The Balaban J connectivity index is 2.57. The van der Waals surface area contributed by atoms with Crippen LogP contribution >= 0.6 is 0 Å². The fraction of sp³-hybridized carbons (Fsp3) is 0.917. The van der Waals surface area contributed by atoms with Crippen LogP contribution < -0.4 is 5.73 Å². The Hall–Kier alpha value is -0.650. The van der Waals surface area contributed by atoms with Gasteiger partial charge in [-0.2, -0.15) is 0 Å². The molecule has 0 bridgehead atoms. The summed E-state index contributed by atoms with van der Waals surface area (Å²) in [7, 11) is 1.71. The Morgan fingerprint density at radius 1 is 1.41 bits per heavy atom. The van der Waals surface area contributed by atoms with Gasteiger partial charge in [-0.3, -0.25) is 9.69 Å². The number of hydrogen-bond donors (Lipinski definition) is 1. The van der Waals surface area contributed by atoms with E-state index in [4.69, 9.17) is 10.5 Å². The van der Waals surface area contributed by atoms with Gasteiger partial charge in [0.1, 0.15) is 0 Å². The monoisotopic (exact) mass is 243 g/mol. The third-order valence-electron chi connectivity index (χ3n) is 3.36. The van der Waals surface area contributed by atoms with E-state index in [2.05, 4.69) is 18.7 Å². The molecule has 100 valence electrons. The third kappa shape index (κ3) is 3.66. The number of ether oxygens (including phenoxy) is 1. The summed E-state index contributed by atoms with van der Waals surface area (Å²) >= 11 is 0. The normalized spacial score (nSPS) is 28.2. The van der Waals surface area contributed by atoms with Crippen LogP contribution in [0.1, 0.15) is 20.8 Å². The van der Waals surface area contributed by atoms with E-state index in [0.717, 1.165) is 26.2 Å². The van der Waals surface area contributed by atoms with Crippen LogP contribution in [0.2, 0.25) is 0 Å². The second-order valence-electron chi connectivity index (χ2n) is 4.96. The molecule has 0 aromatic rings. The molecule has 1 amide bonds. The fourth-order valence-corrected chi connectivity index (χ4v) is 2.46. The van der Waals surface area contributed by atoms with Crippen molar-refractivity contribution in [2.24, 2.45) is 5.73 Å². The van der Waals surface area contributed by atoms with Crippen LogP contribution in [-0.2, 0) is 9.53 Å². The summed E-state index contributed by atoms with van der Waals surface area (Å²) in [6.07, 6.45) is 0. The topological polar surface area (TPSA) is 58.8 Å². The maximum atomic E-state index is 11.9. The zero-order valence-electron chi connectivity index (χ0n) is 11.3. The van der Waals surface area contributed by atoms with Crippen molar-refractivity contribution < 1.29 is 9.53 Å². The lowest BCUT2D eigenvalue weighted by Crippen LogP contribution is -2.60. The van der Waals surface area contributed by atoms with Crippen LogP contribution in [0.15, 0.2) is 0 Å². The molecular weight excluding hydrogens is 218 g/mol. The van der Waals surface area contributed by atoms with Gasteiger partial charge in [-0.25, -0.2) is 0 Å². The van der Waals surface area contributed by atoms with Gasteiger partial charge in [0.2, 0.25) is 5.91 Å². The summed E-state index contributed by atoms with van der Waals surface area (Å²) in [5, 5.41) is 0. The number of amides is 1. The molecule has 0 saturated carbocycles. The molecule has 1 aliphatic heterocycles. The van der Waals surface area contributed by atoms with E-state index in [1.54, 1.807) is 14.0 Å². The van der Waals surface area contributed by atoms with Gasteiger partial charge in [-0.15, -0.1) is 0 Å². The average molecular weight is 243 g/mol. The van der Waals surface area contributed by atoms with Crippen LogP contribution in [0, 0.1) is 0 Å². The van der Waals surface area contributed by atoms with E-state index >= 15 is 0 Å². The molecule has 1 heterocycles. The quantitative estimate of drug-likeness (QED) is 0.749. The Bertz CT molecular complexity index is 246. The SMILES string of the molecule is COCCN1[C@H](C)CN(C(=O)[C@H](C)N)C[C@@H]1C. The van der Waals surface area contributed by atoms with Crippen LogP contribution in [0.5, 0.6) is 0 Å². The summed E-state index contributed by atoms with van der Waals surface area (Å²) < 4.78 is 5.11. The molecule has 1 aliphatic rings. The van der Waals surface area contributed by atoms with Gasteiger partial charge in [0.25, 0.3) is 0 Å². The molecule has 2 N–H and O–H groups in total. The molecular formula is C12H25N3O2. The number of hydrogen-bond acceptors (Lipinski definition) is 4.